The Morgan fingerprint density at radius 1 is 1.47 bits per heavy atom. The summed E-state index contributed by atoms with van der Waals surface area (Å²) in [7, 11) is 3.13. The lowest BCUT2D eigenvalue weighted by Crippen LogP contribution is -2.23. The molecular formula is C12H14N4O3. The molecule has 0 aromatic carbocycles. The predicted octanol–water partition coefficient (Wildman–Crippen LogP) is 0.132. The van der Waals surface area contributed by atoms with Gasteiger partial charge in [0.05, 0.1) is 13.3 Å². The SMILES string of the molecule is COC(=O)/C=C/CNC(=O)c1cnn2ccn(C)c12. The van der Waals surface area contributed by atoms with Crippen molar-refractivity contribution in [3.63, 3.8) is 0 Å². The van der Waals surface area contributed by atoms with E-state index in [1.165, 1.54) is 25.5 Å². The van der Waals surface area contributed by atoms with Crippen LogP contribution in [-0.4, -0.2) is 39.7 Å². The van der Waals surface area contributed by atoms with Gasteiger partial charge in [0.15, 0.2) is 0 Å². The molecule has 1 amide bonds. The molecule has 100 valence electrons. The van der Waals surface area contributed by atoms with E-state index >= 15 is 0 Å². The van der Waals surface area contributed by atoms with Gasteiger partial charge in [0.25, 0.3) is 5.91 Å². The van der Waals surface area contributed by atoms with E-state index in [1.807, 2.05) is 17.8 Å². The van der Waals surface area contributed by atoms with Gasteiger partial charge in [-0.05, 0) is 0 Å². The van der Waals surface area contributed by atoms with E-state index in [2.05, 4.69) is 15.2 Å². The molecule has 0 radical (unpaired) electrons. The van der Waals surface area contributed by atoms with Crippen molar-refractivity contribution in [2.45, 2.75) is 0 Å². The van der Waals surface area contributed by atoms with E-state index in [0.29, 0.717) is 5.56 Å². The second-order valence-corrected chi connectivity index (χ2v) is 3.87. The number of carbonyl (C=O) groups is 2. The summed E-state index contributed by atoms with van der Waals surface area (Å²) >= 11 is 0. The topological polar surface area (TPSA) is 77.6 Å². The van der Waals surface area contributed by atoms with Crippen molar-refractivity contribution in [3.8, 4) is 0 Å². The van der Waals surface area contributed by atoms with Crippen LogP contribution in [0.2, 0.25) is 0 Å². The van der Waals surface area contributed by atoms with Gasteiger partial charge in [-0.3, -0.25) is 4.79 Å². The maximum Gasteiger partial charge on any atom is 0.330 e. The number of ether oxygens (including phenoxy) is 1. The number of nitrogens with zero attached hydrogens (tertiary/aromatic N) is 3. The average molecular weight is 262 g/mol. The number of hydrogen-bond acceptors (Lipinski definition) is 4. The van der Waals surface area contributed by atoms with E-state index in [1.54, 1.807) is 10.7 Å². The molecule has 0 saturated carbocycles. The van der Waals surface area contributed by atoms with E-state index in [9.17, 15) is 9.59 Å². The van der Waals surface area contributed by atoms with E-state index < -0.39 is 5.97 Å². The van der Waals surface area contributed by atoms with Crippen LogP contribution in [-0.2, 0) is 16.6 Å². The number of imidazole rings is 1. The largest absolute Gasteiger partial charge is 0.466 e. The maximum absolute atomic E-state index is 12.0. The Labute approximate surface area is 109 Å². The van der Waals surface area contributed by atoms with Crippen LogP contribution in [0.4, 0.5) is 0 Å². The maximum atomic E-state index is 12.0. The molecule has 7 nitrogen and oxygen atoms in total. The second kappa shape index (κ2) is 5.38. The quantitative estimate of drug-likeness (QED) is 0.627. The van der Waals surface area contributed by atoms with Crippen LogP contribution in [0.5, 0.6) is 0 Å². The molecule has 0 spiro atoms. The molecule has 0 unspecified atom stereocenters. The zero-order valence-electron chi connectivity index (χ0n) is 10.7. The van der Waals surface area contributed by atoms with Crippen LogP contribution in [0, 0.1) is 0 Å². The minimum atomic E-state index is -0.454. The van der Waals surface area contributed by atoms with Crippen LogP contribution in [0.3, 0.4) is 0 Å². The molecule has 0 atom stereocenters. The van der Waals surface area contributed by atoms with E-state index in [4.69, 9.17) is 0 Å². The first kappa shape index (κ1) is 12.9. The normalized spacial score (nSPS) is 11.1. The van der Waals surface area contributed by atoms with Gasteiger partial charge in [0.1, 0.15) is 11.2 Å². The zero-order chi connectivity index (χ0) is 13.8. The summed E-state index contributed by atoms with van der Waals surface area (Å²) in [4.78, 5) is 22.8. The van der Waals surface area contributed by atoms with Crippen molar-refractivity contribution in [3.05, 3.63) is 36.3 Å². The lowest BCUT2D eigenvalue weighted by molar-refractivity contribution is -0.134. The van der Waals surface area contributed by atoms with Gasteiger partial charge in [-0.2, -0.15) is 5.10 Å². The number of carbonyl (C=O) groups excluding carboxylic acids is 2. The van der Waals surface area contributed by atoms with Crippen molar-refractivity contribution >= 4 is 17.5 Å². The number of rotatable bonds is 4. The molecule has 2 heterocycles. The highest BCUT2D eigenvalue weighted by molar-refractivity contribution is 5.99. The number of nitrogens with one attached hydrogen (secondary N) is 1. The smallest absolute Gasteiger partial charge is 0.330 e. The molecule has 0 saturated heterocycles. The summed E-state index contributed by atoms with van der Waals surface area (Å²) in [6.07, 6.45) is 7.88. The number of esters is 1. The first-order chi connectivity index (χ1) is 9.13. The Morgan fingerprint density at radius 3 is 3.00 bits per heavy atom. The third-order valence-corrected chi connectivity index (χ3v) is 2.61. The Balaban J connectivity index is 2.02. The number of hydrogen-bond donors (Lipinski definition) is 1. The highest BCUT2D eigenvalue weighted by atomic mass is 16.5. The van der Waals surface area contributed by atoms with Gasteiger partial charge < -0.3 is 14.6 Å². The molecule has 0 aliphatic carbocycles. The summed E-state index contributed by atoms with van der Waals surface area (Å²) in [5, 5.41) is 6.75. The van der Waals surface area contributed by atoms with Crippen molar-refractivity contribution in [1.29, 1.82) is 0 Å². The molecule has 0 aliphatic heterocycles. The molecule has 0 aliphatic rings. The van der Waals surface area contributed by atoms with Gasteiger partial charge in [-0.25, -0.2) is 9.31 Å². The van der Waals surface area contributed by atoms with Gasteiger partial charge in [0.2, 0.25) is 0 Å². The fourth-order valence-electron chi connectivity index (χ4n) is 1.68. The Bertz CT molecular complexity index is 638. The summed E-state index contributed by atoms with van der Waals surface area (Å²) in [5.74, 6) is -0.698. The Hall–Kier alpha value is -2.57. The molecule has 2 aromatic heterocycles. The highest BCUT2D eigenvalue weighted by Crippen LogP contribution is 2.09. The van der Waals surface area contributed by atoms with Crippen LogP contribution in [0.15, 0.2) is 30.7 Å². The minimum Gasteiger partial charge on any atom is -0.466 e. The standard InChI is InChI=1S/C12H14N4O3/c1-15-6-7-16-12(15)9(8-14-16)11(18)13-5-3-4-10(17)19-2/h3-4,6-8H,5H2,1-2H3,(H,13,18)/b4-3+. The van der Waals surface area contributed by atoms with Crippen LogP contribution in [0.25, 0.3) is 5.65 Å². The second-order valence-electron chi connectivity index (χ2n) is 3.87. The fraction of sp³-hybridized carbons (Fsp3) is 0.250. The molecule has 2 aromatic rings. The molecule has 0 fully saturated rings. The number of methoxy groups -OCH3 is 1. The predicted molar refractivity (Wildman–Crippen MR) is 67.7 cm³/mol. The fourth-order valence-corrected chi connectivity index (χ4v) is 1.68. The first-order valence-electron chi connectivity index (χ1n) is 5.65. The lowest BCUT2D eigenvalue weighted by atomic mass is 10.3. The van der Waals surface area contributed by atoms with Crippen LogP contribution in [0.1, 0.15) is 10.4 Å². The Kier molecular flexibility index (Phi) is 3.65. The number of aryl methyl sites for hydroxylation is 1. The number of amides is 1. The zero-order valence-corrected chi connectivity index (χ0v) is 10.7. The highest BCUT2D eigenvalue weighted by Gasteiger charge is 2.14. The summed E-state index contributed by atoms with van der Waals surface area (Å²) < 4.78 is 7.87. The van der Waals surface area contributed by atoms with Crippen molar-refractivity contribution < 1.29 is 14.3 Å². The van der Waals surface area contributed by atoms with E-state index in [-0.39, 0.29) is 12.5 Å². The molecule has 1 N–H and O–H groups in total. The van der Waals surface area contributed by atoms with Crippen LogP contribution < -0.4 is 5.32 Å². The van der Waals surface area contributed by atoms with Crippen LogP contribution >= 0.6 is 0 Å². The van der Waals surface area contributed by atoms with Gasteiger partial charge in [0, 0.05) is 32.1 Å². The third kappa shape index (κ3) is 2.65. The number of fused-ring (bicyclic) bond motifs is 1. The molecule has 0 bridgehead atoms. The van der Waals surface area contributed by atoms with Crippen molar-refractivity contribution in [2.75, 3.05) is 13.7 Å². The van der Waals surface area contributed by atoms with Gasteiger partial charge in [-0.1, -0.05) is 6.08 Å². The average Bonchev–Trinajstić information content (AvgIpc) is 2.97. The minimum absolute atomic E-state index is 0.244. The third-order valence-electron chi connectivity index (χ3n) is 2.61. The summed E-state index contributed by atoms with van der Waals surface area (Å²) in [6, 6.07) is 0. The molecule has 7 heteroatoms. The van der Waals surface area contributed by atoms with Gasteiger partial charge in [-0.15, -0.1) is 0 Å². The van der Waals surface area contributed by atoms with Gasteiger partial charge >= 0.3 is 5.97 Å². The lowest BCUT2D eigenvalue weighted by Gasteiger charge is -2.00. The Morgan fingerprint density at radius 2 is 2.26 bits per heavy atom. The summed E-state index contributed by atoms with van der Waals surface area (Å²) in [6.45, 7) is 0.246. The molecule has 2 rings (SSSR count). The molecular weight excluding hydrogens is 248 g/mol. The molecule has 19 heavy (non-hydrogen) atoms. The number of aromatic nitrogens is 3. The monoisotopic (exact) mass is 262 g/mol. The van der Waals surface area contributed by atoms with E-state index in [0.717, 1.165) is 5.65 Å². The first-order valence-corrected chi connectivity index (χ1v) is 5.65. The van der Waals surface area contributed by atoms with Crippen molar-refractivity contribution in [1.82, 2.24) is 19.5 Å². The summed E-state index contributed by atoms with van der Waals surface area (Å²) in [5.41, 5.74) is 1.20. The van der Waals surface area contributed by atoms with Crippen molar-refractivity contribution in [2.24, 2.45) is 7.05 Å².